The molecule has 0 aliphatic heterocycles. The fourth-order valence-corrected chi connectivity index (χ4v) is 2.54. The predicted molar refractivity (Wildman–Crippen MR) is 60.0 cm³/mol. The van der Waals surface area contributed by atoms with Crippen LogP contribution in [0.15, 0.2) is 18.2 Å². The first-order chi connectivity index (χ1) is 7.18. The van der Waals surface area contributed by atoms with Crippen LogP contribution in [0.4, 0.5) is 10.1 Å². The predicted octanol–water partition coefficient (Wildman–Crippen LogP) is 2.18. The third kappa shape index (κ3) is 1.72. The number of hydrogen-bond donors (Lipinski definition) is 2. The van der Waals surface area contributed by atoms with Crippen molar-refractivity contribution in [1.29, 1.82) is 0 Å². The number of nitrogens with two attached hydrogens (primary N) is 2. The summed E-state index contributed by atoms with van der Waals surface area (Å²) in [4.78, 5) is 0. The Labute approximate surface area is 89.5 Å². The van der Waals surface area contributed by atoms with E-state index in [-0.39, 0.29) is 16.9 Å². The molecule has 0 bridgehead atoms. The molecule has 0 amide bonds. The molecule has 82 valence electrons. The van der Waals surface area contributed by atoms with Gasteiger partial charge in [0.25, 0.3) is 0 Å². The molecule has 1 aromatic carbocycles. The number of nitrogen functional groups attached to an aromatic ring is 1. The van der Waals surface area contributed by atoms with Crippen LogP contribution >= 0.6 is 0 Å². The average molecular weight is 208 g/mol. The zero-order valence-electron chi connectivity index (χ0n) is 8.80. The Morgan fingerprint density at radius 2 is 1.93 bits per heavy atom. The van der Waals surface area contributed by atoms with Crippen molar-refractivity contribution in [3.05, 3.63) is 29.6 Å². The summed E-state index contributed by atoms with van der Waals surface area (Å²) in [7, 11) is 0. The first-order valence-corrected chi connectivity index (χ1v) is 5.43. The number of hydrogen-bond acceptors (Lipinski definition) is 2. The van der Waals surface area contributed by atoms with E-state index in [2.05, 4.69) is 0 Å². The third-order valence-corrected chi connectivity index (χ3v) is 3.56. The fraction of sp³-hybridized carbons (Fsp3) is 0.500. The second kappa shape index (κ2) is 3.81. The van der Waals surface area contributed by atoms with E-state index in [4.69, 9.17) is 11.5 Å². The van der Waals surface area contributed by atoms with E-state index < -0.39 is 0 Å². The maximum absolute atomic E-state index is 13.1. The zero-order valence-corrected chi connectivity index (χ0v) is 8.80. The summed E-state index contributed by atoms with van der Waals surface area (Å²) in [5, 5.41) is 0. The van der Waals surface area contributed by atoms with Gasteiger partial charge < -0.3 is 11.5 Å². The molecule has 4 N–H and O–H groups in total. The van der Waals surface area contributed by atoms with Crippen molar-refractivity contribution in [3.63, 3.8) is 0 Å². The Hall–Kier alpha value is -1.09. The van der Waals surface area contributed by atoms with Gasteiger partial charge in [-0.05, 0) is 30.5 Å². The van der Waals surface area contributed by atoms with E-state index in [0.29, 0.717) is 6.54 Å². The molecular weight excluding hydrogens is 191 g/mol. The second-order valence-electron chi connectivity index (χ2n) is 4.43. The topological polar surface area (TPSA) is 52.0 Å². The molecule has 1 aliphatic rings. The maximum atomic E-state index is 13.1. The lowest BCUT2D eigenvalue weighted by molar-refractivity contribution is 0.452. The van der Waals surface area contributed by atoms with Gasteiger partial charge in [-0.1, -0.05) is 18.9 Å². The fourth-order valence-electron chi connectivity index (χ4n) is 2.54. The molecule has 0 radical (unpaired) electrons. The van der Waals surface area contributed by atoms with E-state index in [0.717, 1.165) is 18.4 Å². The molecule has 1 saturated carbocycles. The highest BCUT2D eigenvalue weighted by Gasteiger charge is 2.34. The summed E-state index contributed by atoms with van der Waals surface area (Å²) in [6.07, 6.45) is 4.59. The SMILES string of the molecule is NCC1(c2ccc(F)c(N)c2)CCCC1. The highest BCUT2D eigenvalue weighted by molar-refractivity contribution is 5.45. The molecule has 2 rings (SSSR count). The first-order valence-electron chi connectivity index (χ1n) is 5.43. The summed E-state index contributed by atoms with van der Waals surface area (Å²) in [5.74, 6) is -0.344. The van der Waals surface area contributed by atoms with E-state index in [1.165, 1.54) is 18.9 Å². The molecule has 2 nitrogen and oxygen atoms in total. The average Bonchev–Trinajstić information content (AvgIpc) is 2.72. The van der Waals surface area contributed by atoms with Crippen LogP contribution in [0.25, 0.3) is 0 Å². The standard InChI is InChI=1S/C12H17FN2/c13-10-4-3-9(7-11(10)15)12(8-14)5-1-2-6-12/h3-4,7H,1-2,5-6,8,14-15H2. The van der Waals surface area contributed by atoms with Gasteiger partial charge in [-0.15, -0.1) is 0 Å². The molecule has 0 spiro atoms. The highest BCUT2D eigenvalue weighted by atomic mass is 19.1. The Bertz CT molecular complexity index is 357. The van der Waals surface area contributed by atoms with Crippen molar-refractivity contribution in [2.75, 3.05) is 12.3 Å². The first kappa shape index (κ1) is 10.4. The van der Waals surface area contributed by atoms with Gasteiger partial charge in [0.2, 0.25) is 0 Å². The van der Waals surface area contributed by atoms with Gasteiger partial charge in [-0.2, -0.15) is 0 Å². The molecular formula is C12H17FN2. The van der Waals surface area contributed by atoms with Gasteiger partial charge in [0.1, 0.15) is 5.82 Å². The minimum atomic E-state index is -0.344. The van der Waals surface area contributed by atoms with Gasteiger partial charge in [-0.3, -0.25) is 0 Å². The van der Waals surface area contributed by atoms with Gasteiger partial charge in [0.15, 0.2) is 0 Å². The largest absolute Gasteiger partial charge is 0.396 e. The summed E-state index contributed by atoms with van der Waals surface area (Å²) < 4.78 is 13.1. The Kier molecular flexibility index (Phi) is 2.65. The molecule has 0 heterocycles. The number of halogens is 1. The van der Waals surface area contributed by atoms with Crippen LogP contribution in [0.2, 0.25) is 0 Å². The van der Waals surface area contributed by atoms with Crippen LogP contribution in [0.5, 0.6) is 0 Å². The molecule has 0 unspecified atom stereocenters. The van der Waals surface area contributed by atoms with Crippen molar-refractivity contribution in [1.82, 2.24) is 0 Å². The van der Waals surface area contributed by atoms with Crippen LogP contribution in [-0.2, 0) is 5.41 Å². The van der Waals surface area contributed by atoms with Crippen LogP contribution in [-0.4, -0.2) is 6.54 Å². The molecule has 1 fully saturated rings. The van der Waals surface area contributed by atoms with Crippen LogP contribution in [0.3, 0.4) is 0 Å². The lowest BCUT2D eigenvalue weighted by Crippen LogP contribution is -2.32. The smallest absolute Gasteiger partial charge is 0.146 e. The summed E-state index contributed by atoms with van der Waals surface area (Å²) in [5.41, 5.74) is 12.8. The second-order valence-corrected chi connectivity index (χ2v) is 4.43. The van der Waals surface area contributed by atoms with E-state index in [1.807, 2.05) is 6.07 Å². The van der Waals surface area contributed by atoms with E-state index in [9.17, 15) is 4.39 Å². The molecule has 0 atom stereocenters. The van der Waals surface area contributed by atoms with Crippen molar-refractivity contribution in [2.24, 2.45) is 5.73 Å². The van der Waals surface area contributed by atoms with Crippen LogP contribution in [0, 0.1) is 5.82 Å². The number of benzene rings is 1. The minimum Gasteiger partial charge on any atom is -0.396 e. The quantitative estimate of drug-likeness (QED) is 0.732. The van der Waals surface area contributed by atoms with Crippen LogP contribution < -0.4 is 11.5 Å². The van der Waals surface area contributed by atoms with Crippen molar-refractivity contribution >= 4 is 5.69 Å². The molecule has 0 aromatic heterocycles. The minimum absolute atomic E-state index is 0.0435. The maximum Gasteiger partial charge on any atom is 0.146 e. The Morgan fingerprint density at radius 3 is 2.47 bits per heavy atom. The van der Waals surface area contributed by atoms with Gasteiger partial charge >= 0.3 is 0 Å². The lowest BCUT2D eigenvalue weighted by atomic mass is 9.79. The third-order valence-electron chi connectivity index (χ3n) is 3.56. The summed E-state index contributed by atoms with van der Waals surface area (Å²) in [6, 6.07) is 5.01. The van der Waals surface area contributed by atoms with E-state index >= 15 is 0 Å². The zero-order chi connectivity index (χ0) is 10.9. The normalized spacial score (nSPS) is 19.3. The van der Waals surface area contributed by atoms with Crippen molar-refractivity contribution in [2.45, 2.75) is 31.1 Å². The molecule has 1 aliphatic carbocycles. The van der Waals surface area contributed by atoms with Gasteiger partial charge in [0.05, 0.1) is 5.69 Å². The molecule has 3 heteroatoms. The number of anilines is 1. The van der Waals surface area contributed by atoms with Crippen molar-refractivity contribution < 1.29 is 4.39 Å². The summed E-state index contributed by atoms with van der Waals surface area (Å²) >= 11 is 0. The van der Waals surface area contributed by atoms with Crippen molar-refractivity contribution in [3.8, 4) is 0 Å². The van der Waals surface area contributed by atoms with E-state index in [1.54, 1.807) is 6.07 Å². The lowest BCUT2D eigenvalue weighted by Gasteiger charge is -2.28. The molecule has 15 heavy (non-hydrogen) atoms. The Balaban J connectivity index is 2.38. The molecule has 1 aromatic rings. The van der Waals surface area contributed by atoms with Crippen LogP contribution in [0.1, 0.15) is 31.2 Å². The highest BCUT2D eigenvalue weighted by Crippen LogP contribution is 2.40. The Morgan fingerprint density at radius 1 is 1.27 bits per heavy atom. The van der Waals surface area contributed by atoms with Gasteiger partial charge in [0, 0.05) is 12.0 Å². The summed E-state index contributed by atoms with van der Waals surface area (Å²) in [6.45, 7) is 0.623. The monoisotopic (exact) mass is 208 g/mol. The number of rotatable bonds is 2. The molecule has 0 saturated heterocycles. The van der Waals surface area contributed by atoms with Gasteiger partial charge in [-0.25, -0.2) is 4.39 Å².